The Bertz CT molecular complexity index is 1500. The monoisotopic (exact) mass is 603 g/mol. The van der Waals surface area contributed by atoms with E-state index in [0.29, 0.717) is 48.1 Å². The van der Waals surface area contributed by atoms with E-state index in [4.69, 9.17) is 14.5 Å². The maximum atomic E-state index is 13.3. The van der Waals surface area contributed by atoms with Gasteiger partial charge >= 0.3 is 12.1 Å². The van der Waals surface area contributed by atoms with E-state index in [1.165, 1.54) is 32.4 Å². The number of allylic oxidation sites excluding steroid dienone is 1. The molecule has 0 spiro atoms. The second-order valence-corrected chi connectivity index (χ2v) is 11.6. The highest BCUT2D eigenvalue weighted by molar-refractivity contribution is 6.11. The molecule has 2 unspecified atom stereocenters. The number of carbonyl (C=O) groups is 3. The summed E-state index contributed by atoms with van der Waals surface area (Å²) in [6, 6.07) is 6.20. The number of carbonyl (C=O) groups excluding carboxylic acids is 3. The van der Waals surface area contributed by atoms with Crippen molar-refractivity contribution in [1.82, 2.24) is 14.8 Å². The number of fused-ring (bicyclic) bond motifs is 4. The Morgan fingerprint density at radius 3 is 2.43 bits per heavy atom. The van der Waals surface area contributed by atoms with Gasteiger partial charge in [0.05, 0.1) is 17.1 Å². The van der Waals surface area contributed by atoms with Crippen LogP contribution in [-0.4, -0.2) is 82.7 Å². The van der Waals surface area contributed by atoms with Crippen LogP contribution in [0.1, 0.15) is 76.6 Å². The number of benzene rings is 1. The third-order valence-electron chi connectivity index (χ3n) is 9.35. The minimum atomic E-state index is -1.46. The Morgan fingerprint density at radius 2 is 1.73 bits per heavy atom. The Morgan fingerprint density at radius 1 is 1.02 bits per heavy atom. The van der Waals surface area contributed by atoms with Gasteiger partial charge in [-0.3, -0.25) is 4.79 Å². The first kappa shape index (κ1) is 31.9. The molecule has 0 saturated carbocycles. The zero-order chi connectivity index (χ0) is 31.5. The highest BCUT2D eigenvalue weighted by Gasteiger charge is 2.43. The molecule has 1 amide bonds. The van der Waals surface area contributed by atoms with Gasteiger partial charge in [0.2, 0.25) is 0 Å². The molecule has 1 aromatic carbocycles. The van der Waals surface area contributed by atoms with Crippen molar-refractivity contribution in [1.29, 1.82) is 0 Å². The number of esters is 1. The summed E-state index contributed by atoms with van der Waals surface area (Å²) in [7, 11) is 0. The summed E-state index contributed by atoms with van der Waals surface area (Å²) in [6.07, 6.45) is 6.28. The Balaban J connectivity index is 0.000000924. The van der Waals surface area contributed by atoms with E-state index in [1.54, 1.807) is 12.1 Å². The quantitative estimate of drug-likeness (QED) is 0.455. The molecular weight excluding hydrogens is 558 g/mol. The minimum absolute atomic E-state index is 0.111. The number of aromatic nitrogens is 1. The van der Waals surface area contributed by atoms with Crippen LogP contribution in [0.5, 0.6) is 5.75 Å². The van der Waals surface area contributed by atoms with Crippen molar-refractivity contribution in [2.75, 3.05) is 32.8 Å². The molecule has 9 nitrogen and oxygen atoms in total. The van der Waals surface area contributed by atoms with Crippen molar-refractivity contribution in [2.45, 2.75) is 85.3 Å². The van der Waals surface area contributed by atoms with E-state index in [-0.39, 0.29) is 18.5 Å². The first-order valence-electron chi connectivity index (χ1n) is 16.4. The molecule has 9 heteroatoms. The van der Waals surface area contributed by atoms with E-state index in [1.807, 2.05) is 51.7 Å². The summed E-state index contributed by atoms with van der Waals surface area (Å²) in [5, 5.41) is 11.2. The van der Waals surface area contributed by atoms with Crippen molar-refractivity contribution in [2.24, 2.45) is 5.92 Å². The summed E-state index contributed by atoms with van der Waals surface area (Å²) < 4.78 is 10.9. The number of aliphatic hydroxyl groups excluding tert-OH is 1. The van der Waals surface area contributed by atoms with Crippen LogP contribution >= 0.6 is 0 Å². The number of Topliss-reactive ketones (excluding diaryl/α,β-unsaturated/α-hetero) is 1. The van der Waals surface area contributed by atoms with E-state index in [0.717, 1.165) is 40.4 Å². The van der Waals surface area contributed by atoms with Crippen LogP contribution in [0.15, 0.2) is 35.4 Å². The van der Waals surface area contributed by atoms with Gasteiger partial charge in [0.25, 0.3) is 0 Å². The maximum absolute atomic E-state index is 13.3. The second-order valence-electron chi connectivity index (χ2n) is 11.6. The predicted molar refractivity (Wildman–Crippen MR) is 169 cm³/mol. The average molecular weight is 604 g/mol. The lowest BCUT2D eigenvalue weighted by molar-refractivity contribution is -0.152. The fourth-order valence-corrected chi connectivity index (χ4v) is 7.03. The van der Waals surface area contributed by atoms with Crippen molar-refractivity contribution in [3.8, 4) is 5.75 Å². The molecule has 0 radical (unpaired) electrons. The lowest BCUT2D eigenvalue weighted by Crippen LogP contribution is -2.48. The fraction of sp³-hybridized carbons (Fsp3) is 0.543. The number of likely N-dealkylation sites (tertiary alicyclic amines) is 2. The molecule has 0 bridgehead atoms. The number of ketones is 1. The van der Waals surface area contributed by atoms with Crippen LogP contribution in [0, 0.1) is 12.8 Å². The molecule has 2 aliphatic carbocycles. The number of amides is 1. The van der Waals surface area contributed by atoms with Gasteiger partial charge in [-0.05, 0) is 87.5 Å². The van der Waals surface area contributed by atoms with Crippen LogP contribution in [0.25, 0.3) is 16.5 Å². The molecule has 44 heavy (non-hydrogen) atoms. The van der Waals surface area contributed by atoms with E-state index >= 15 is 0 Å². The third kappa shape index (κ3) is 5.79. The normalized spacial score (nSPS) is 23.3. The van der Waals surface area contributed by atoms with Crippen molar-refractivity contribution >= 4 is 34.3 Å². The number of ether oxygens (including phenoxy) is 2. The lowest BCUT2D eigenvalue weighted by Gasteiger charge is -2.39. The summed E-state index contributed by atoms with van der Waals surface area (Å²) in [6.45, 7) is 13.6. The van der Waals surface area contributed by atoms with Crippen molar-refractivity contribution < 1.29 is 29.0 Å². The zero-order valence-electron chi connectivity index (χ0n) is 26.6. The molecule has 2 saturated heterocycles. The Kier molecular flexibility index (Phi) is 9.85. The highest BCUT2D eigenvalue weighted by Crippen LogP contribution is 2.45. The van der Waals surface area contributed by atoms with Crippen molar-refractivity contribution in [3.05, 3.63) is 52.2 Å². The standard InChI is InChI=1S/C31H33N3O6.2C2H6/c1-17-20-13-18-14-22-21(15-23-24(28(22)35)16-39-30(37)29(23)36)27(18)32-25(20)5-6-26(17)40-31(38)34-11-7-19(8-12-34)33-9-3-2-4-10-33;2*1-2/h5-6,13,15,19,22,29,36H,2-4,7-12,14,16H2,1H3;2*1-2H3. The number of cyclic esters (lactones) is 1. The molecule has 5 aliphatic rings. The van der Waals surface area contributed by atoms with Crippen LogP contribution < -0.4 is 4.74 Å². The number of pyridine rings is 1. The van der Waals surface area contributed by atoms with Gasteiger partial charge in [-0.25, -0.2) is 14.6 Å². The molecule has 1 N–H and O–H groups in total. The molecule has 4 heterocycles. The SMILES string of the molecule is CC.CC.Cc1c(OC(=O)N2CCC(N3CCCCC3)CC2)ccc2nc3c(cc12)CC1C(=O)C2=C(C=C31)C(O)C(=O)OC2. The Labute approximate surface area is 259 Å². The summed E-state index contributed by atoms with van der Waals surface area (Å²) in [4.78, 5) is 47.5. The fourth-order valence-electron chi connectivity index (χ4n) is 7.03. The largest absolute Gasteiger partial charge is 0.458 e. The van der Waals surface area contributed by atoms with Gasteiger partial charge in [0.15, 0.2) is 11.9 Å². The number of rotatable bonds is 2. The first-order valence-corrected chi connectivity index (χ1v) is 16.4. The summed E-state index contributed by atoms with van der Waals surface area (Å²) in [5.74, 6) is -0.765. The van der Waals surface area contributed by atoms with Gasteiger partial charge in [0.1, 0.15) is 12.4 Å². The molecule has 2 fully saturated rings. The number of piperidine rings is 2. The number of hydrogen-bond acceptors (Lipinski definition) is 8. The van der Waals surface area contributed by atoms with Crippen LogP contribution in [0.4, 0.5) is 4.79 Å². The number of nitrogens with zero attached hydrogens (tertiary/aromatic N) is 3. The molecule has 7 rings (SSSR count). The van der Waals surface area contributed by atoms with Gasteiger partial charge in [0, 0.05) is 41.2 Å². The van der Waals surface area contributed by atoms with Crippen LogP contribution in [-0.2, 0) is 20.7 Å². The maximum Gasteiger partial charge on any atom is 0.415 e. The lowest BCUT2D eigenvalue weighted by atomic mass is 9.81. The molecule has 3 aliphatic heterocycles. The summed E-state index contributed by atoms with van der Waals surface area (Å²) >= 11 is 0. The average Bonchev–Trinajstić information content (AvgIpc) is 3.44. The highest BCUT2D eigenvalue weighted by atomic mass is 16.6. The van der Waals surface area contributed by atoms with Gasteiger partial charge in [-0.1, -0.05) is 34.1 Å². The first-order chi connectivity index (χ1) is 21.4. The van der Waals surface area contributed by atoms with Crippen LogP contribution in [0.3, 0.4) is 0 Å². The number of aryl methyl sites for hydroxylation is 1. The molecular formula is C35H45N3O6. The van der Waals surface area contributed by atoms with Gasteiger partial charge in [-0.2, -0.15) is 0 Å². The molecule has 1 aromatic heterocycles. The number of hydrogen-bond donors (Lipinski definition) is 1. The Hall–Kier alpha value is -3.56. The van der Waals surface area contributed by atoms with Gasteiger partial charge < -0.3 is 24.4 Å². The molecule has 236 valence electrons. The third-order valence-corrected chi connectivity index (χ3v) is 9.35. The number of aliphatic hydroxyl groups is 1. The smallest absolute Gasteiger partial charge is 0.415 e. The zero-order valence-corrected chi connectivity index (χ0v) is 26.6. The topological polar surface area (TPSA) is 109 Å². The van der Waals surface area contributed by atoms with E-state index in [9.17, 15) is 19.5 Å². The molecule has 2 atom stereocenters. The van der Waals surface area contributed by atoms with Crippen LogP contribution in [0.2, 0.25) is 0 Å². The second kappa shape index (κ2) is 13.6. The van der Waals surface area contributed by atoms with Gasteiger partial charge in [-0.15, -0.1) is 0 Å². The van der Waals surface area contributed by atoms with E-state index in [2.05, 4.69) is 4.90 Å². The molecule has 2 aromatic rings. The summed E-state index contributed by atoms with van der Waals surface area (Å²) in [5.41, 5.74) is 4.61. The van der Waals surface area contributed by atoms with E-state index < -0.39 is 18.0 Å². The van der Waals surface area contributed by atoms with Crippen molar-refractivity contribution in [3.63, 3.8) is 0 Å². The minimum Gasteiger partial charge on any atom is -0.458 e. The predicted octanol–water partition coefficient (Wildman–Crippen LogP) is 5.40.